The minimum Gasteiger partial charge on any atom is -0.444 e. The molecule has 1 aromatic carbocycles. The van der Waals surface area contributed by atoms with Crippen molar-refractivity contribution in [2.45, 2.75) is 58.2 Å². The second-order valence-electron chi connectivity index (χ2n) is 10.5. The first-order valence-electron chi connectivity index (χ1n) is 12.6. The third kappa shape index (κ3) is 5.62. The molecule has 1 aliphatic heterocycles. The highest BCUT2D eigenvalue weighted by Crippen LogP contribution is 2.30. The quantitative estimate of drug-likeness (QED) is 0.280. The van der Waals surface area contributed by atoms with Crippen LogP contribution >= 0.6 is 15.9 Å². The zero-order valence-corrected chi connectivity index (χ0v) is 23.5. The molecule has 0 N–H and O–H groups in total. The number of carbonyl (C=O) groups excluding carboxylic acids is 1. The molecular weight excluding hydrogens is 597 g/mol. The highest BCUT2D eigenvalue weighted by molar-refractivity contribution is 9.10. The van der Waals surface area contributed by atoms with Gasteiger partial charge in [-0.3, -0.25) is 14.1 Å². The van der Waals surface area contributed by atoms with Crippen molar-refractivity contribution in [3.8, 4) is 11.5 Å². The van der Waals surface area contributed by atoms with Crippen LogP contribution in [0.3, 0.4) is 0 Å². The smallest absolute Gasteiger partial charge is 0.410 e. The number of halogens is 4. The number of fused-ring (bicyclic) bond motifs is 1. The van der Waals surface area contributed by atoms with Crippen molar-refractivity contribution < 1.29 is 27.1 Å². The number of piperidine rings is 1. The van der Waals surface area contributed by atoms with Crippen LogP contribution in [0.15, 0.2) is 44.1 Å². The van der Waals surface area contributed by atoms with E-state index in [2.05, 4.69) is 31.1 Å². The number of likely N-dealkylation sites (tertiary alicyclic amines) is 1. The van der Waals surface area contributed by atoms with E-state index in [1.165, 1.54) is 16.8 Å². The Morgan fingerprint density at radius 3 is 2.65 bits per heavy atom. The number of imidazole rings is 1. The summed E-state index contributed by atoms with van der Waals surface area (Å²) in [7, 11) is 0. The molecule has 4 heterocycles. The molecule has 0 bridgehead atoms. The Bertz CT molecular complexity index is 1610. The summed E-state index contributed by atoms with van der Waals surface area (Å²) in [5, 5.41) is 6.92. The van der Waals surface area contributed by atoms with Gasteiger partial charge in [-0.25, -0.2) is 14.0 Å². The van der Waals surface area contributed by atoms with Gasteiger partial charge in [-0.15, -0.1) is 10.2 Å². The van der Waals surface area contributed by atoms with Gasteiger partial charge in [0, 0.05) is 25.4 Å². The van der Waals surface area contributed by atoms with Gasteiger partial charge in [0.25, 0.3) is 5.89 Å². The fourth-order valence-corrected chi connectivity index (χ4v) is 5.01. The summed E-state index contributed by atoms with van der Waals surface area (Å²) in [6, 6.07) is 5.64. The van der Waals surface area contributed by atoms with Crippen molar-refractivity contribution in [2.75, 3.05) is 13.1 Å². The summed E-state index contributed by atoms with van der Waals surface area (Å²) in [5.41, 5.74) is 0.628. The van der Waals surface area contributed by atoms with E-state index in [9.17, 15) is 22.8 Å². The van der Waals surface area contributed by atoms with Crippen LogP contribution in [-0.4, -0.2) is 54.0 Å². The maximum atomic E-state index is 14.6. The van der Waals surface area contributed by atoms with Gasteiger partial charge in [0.05, 0.1) is 39.4 Å². The fraction of sp³-hybridized carbons (Fsp3) is 0.423. The molecule has 10 nitrogen and oxygen atoms in total. The van der Waals surface area contributed by atoms with Crippen LogP contribution in [0.4, 0.5) is 18.0 Å². The van der Waals surface area contributed by atoms with Gasteiger partial charge in [0.15, 0.2) is 0 Å². The lowest BCUT2D eigenvalue weighted by atomic mass is 10.1. The van der Waals surface area contributed by atoms with Crippen molar-refractivity contribution in [3.05, 3.63) is 62.8 Å². The summed E-state index contributed by atoms with van der Waals surface area (Å²) >= 11 is 3.22. The third-order valence-electron chi connectivity index (χ3n) is 6.44. The zero-order chi connectivity index (χ0) is 28.8. The highest BCUT2D eigenvalue weighted by Gasteiger charge is 2.31. The number of carbonyl (C=O) groups is 1. The molecule has 0 radical (unpaired) electrons. The van der Waals surface area contributed by atoms with Crippen molar-refractivity contribution in [2.24, 2.45) is 0 Å². The predicted octanol–water partition coefficient (Wildman–Crippen LogP) is 5.71. The van der Waals surface area contributed by atoms with E-state index < -0.39 is 29.8 Å². The molecule has 1 fully saturated rings. The lowest BCUT2D eigenvalue weighted by Crippen LogP contribution is -2.45. The number of hydrogen-bond donors (Lipinski definition) is 0. The Morgan fingerprint density at radius 2 is 2.00 bits per heavy atom. The summed E-state index contributed by atoms with van der Waals surface area (Å²) in [5.74, 6) is -1.44. The average molecular weight is 623 g/mol. The lowest BCUT2D eigenvalue weighted by Gasteiger charge is -2.34. The molecule has 3 aromatic heterocycles. The first kappa shape index (κ1) is 27.9. The first-order chi connectivity index (χ1) is 18.9. The molecule has 0 aliphatic carbocycles. The van der Waals surface area contributed by atoms with Crippen LogP contribution in [0.1, 0.15) is 57.7 Å². The van der Waals surface area contributed by atoms with E-state index in [4.69, 9.17) is 9.15 Å². The first-order valence-corrected chi connectivity index (χ1v) is 13.3. The van der Waals surface area contributed by atoms with Gasteiger partial charge in [-0.05, 0) is 67.7 Å². The number of benzene rings is 1. The number of alkyl halides is 2. The number of aromatic nitrogens is 5. The number of ether oxygens (including phenoxy) is 1. The van der Waals surface area contributed by atoms with Crippen molar-refractivity contribution in [1.82, 2.24) is 29.2 Å². The maximum Gasteiger partial charge on any atom is 0.410 e. The SMILES string of the molecule is CC(C)(C)OC(=O)N1CCCC(n2c(=O)n(Cc3ccc(-c4nnc(C(F)F)o4)cn3)c3cc(F)c(Br)cc32)C1. The highest BCUT2D eigenvalue weighted by atomic mass is 79.9. The normalized spacial score (nSPS) is 16.2. The molecule has 1 saturated heterocycles. The van der Waals surface area contributed by atoms with Gasteiger partial charge in [0.2, 0.25) is 5.89 Å². The Morgan fingerprint density at radius 1 is 1.23 bits per heavy atom. The Balaban J connectivity index is 1.47. The molecule has 1 amide bonds. The zero-order valence-electron chi connectivity index (χ0n) is 21.9. The van der Waals surface area contributed by atoms with Crippen molar-refractivity contribution >= 4 is 33.1 Å². The van der Waals surface area contributed by atoms with E-state index >= 15 is 0 Å². The molecule has 14 heteroatoms. The number of pyridine rings is 1. The Labute approximate surface area is 234 Å². The Hall–Kier alpha value is -3.68. The van der Waals surface area contributed by atoms with Crippen LogP contribution < -0.4 is 5.69 Å². The molecule has 4 aromatic rings. The fourth-order valence-electron chi connectivity index (χ4n) is 4.68. The average Bonchev–Trinajstić information content (AvgIpc) is 3.48. The second-order valence-corrected chi connectivity index (χ2v) is 11.4. The molecule has 40 heavy (non-hydrogen) atoms. The predicted molar refractivity (Wildman–Crippen MR) is 142 cm³/mol. The lowest BCUT2D eigenvalue weighted by molar-refractivity contribution is 0.0172. The third-order valence-corrected chi connectivity index (χ3v) is 7.04. The van der Waals surface area contributed by atoms with Gasteiger partial charge in [0.1, 0.15) is 11.4 Å². The maximum absolute atomic E-state index is 14.6. The van der Waals surface area contributed by atoms with Crippen molar-refractivity contribution in [3.63, 3.8) is 0 Å². The number of nitrogens with zero attached hydrogens (tertiary/aromatic N) is 6. The van der Waals surface area contributed by atoms with Crippen molar-refractivity contribution in [1.29, 1.82) is 0 Å². The molecule has 1 atom stereocenters. The summed E-state index contributed by atoms with van der Waals surface area (Å²) in [6.07, 6.45) is -0.659. The van der Waals surface area contributed by atoms with E-state index in [0.717, 1.165) is 0 Å². The minimum atomic E-state index is -2.89. The van der Waals surface area contributed by atoms with E-state index in [1.807, 2.05) is 0 Å². The van der Waals surface area contributed by atoms with Crippen LogP contribution in [-0.2, 0) is 11.3 Å². The largest absolute Gasteiger partial charge is 0.444 e. The Kier molecular flexibility index (Phi) is 7.46. The molecule has 212 valence electrons. The number of rotatable bonds is 5. The summed E-state index contributed by atoms with van der Waals surface area (Å²) in [6.45, 7) is 6.16. The summed E-state index contributed by atoms with van der Waals surface area (Å²) in [4.78, 5) is 32.5. The molecule has 5 rings (SSSR count). The second kappa shape index (κ2) is 10.7. The van der Waals surface area contributed by atoms with Gasteiger partial charge in [-0.1, -0.05) is 0 Å². The van der Waals surface area contributed by atoms with E-state index in [0.29, 0.717) is 41.7 Å². The molecule has 0 spiro atoms. The van der Waals surface area contributed by atoms with Gasteiger partial charge < -0.3 is 14.1 Å². The van der Waals surface area contributed by atoms with Crippen LogP contribution in [0.25, 0.3) is 22.5 Å². The van der Waals surface area contributed by atoms with Crippen LogP contribution in [0.2, 0.25) is 0 Å². The van der Waals surface area contributed by atoms with Crippen LogP contribution in [0.5, 0.6) is 0 Å². The minimum absolute atomic E-state index is 0.0122. The van der Waals surface area contributed by atoms with E-state index in [-0.39, 0.29) is 35.2 Å². The molecular formula is C26H26BrF3N6O4. The number of amides is 1. The van der Waals surface area contributed by atoms with Gasteiger partial charge >= 0.3 is 18.2 Å². The topological polar surface area (TPSA) is 108 Å². The number of hydrogen-bond acceptors (Lipinski definition) is 7. The molecule has 1 aliphatic rings. The molecule has 1 unspecified atom stereocenters. The molecule has 0 saturated carbocycles. The van der Waals surface area contributed by atoms with E-state index in [1.54, 1.807) is 48.4 Å². The van der Waals surface area contributed by atoms with Gasteiger partial charge in [-0.2, -0.15) is 8.78 Å². The standard InChI is InChI=1S/C26H26BrF3N6O4/c1-26(2,3)40-25(38)34-8-4-5-16(13-34)36-20-9-17(27)18(28)10-19(20)35(24(36)37)12-15-7-6-14(11-31-15)22-32-33-23(39-22)21(29)30/h6-7,9-11,16,21H,4-5,8,12-13H2,1-3H3. The monoisotopic (exact) mass is 622 g/mol. The van der Waals surface area contributed by atoms with Crippen LogP contribution in [0, 0.1) is 5.82 Å². The summed E-state index contributed by atoms with van der Waals surface area (Å²) < 4.78 is 53.9.